The van der Waals surface area contributed by atoms with Crippen molar-refractivity contribution in [3.63, 3.8) is 0 Å². The Morgan fingerprint density at radius 1 is 1.22 bits per heavy atom. The highest BCUT2D eigenvalue weighted by atomic mass is 16.3. The van der Waals surface area contributed by atoms with Gasteiger partial charge in [-0.25, -0.2) is 4.98 Å². The maximum atomic E-state index is 10.0. The molecular weight excluding hydrogens is 288 g/mol. The average Bonchev–Trinajstić information content (AvgIpc) is 3.02. The molecule has 3 aromatic rings. The molecule has 3 heterocycles. The van der Waals surface area contributed by atoms with Crippen LogP contribution in [-0.4, -0.2) is 26.2 Å². The van der Waals surface area contributed by atoms with Crippen molar-refractivity contribution in [1.82, 2.24) is 14.6 Å². The average molecular weight is 308 g/mol. The van der Waals surface area contributed by atoms with Crippen molar-refractivity contribution in [3.05, 3.63) is 53.3 Å². The third kappa shape index (κ3) is 2.32. The lowest BCUT2D eigenvalue weighted by Gasteiger charge is -2.31. The lowest BCUT2D eigenvalue weighted by atomic mass is 9.98. The van der Waals surface area contributed by atoms with E-state index in [0.29, 0.717) is 11.7 Å². The van der Waals surface area contributed by atoms with E-state index in [0.717, 1.165) is 42.2 Å². The SMILES string of the molecule is CC(C)c1cc(N2CCc3c(O)cccc3C2)n2nccc2n1. The molecule has 1 aromatic carbocycles. The number of phenols is 1. The van der Waals surface area contributed by atoms with Crippen molar-refractivity contribution in [1.29, 1.82) is 0 Å². The molecule has 1 aliphatic rings. The summed E-state index contributed by atoms with van der Waals surface area (Å²) in [6.07, 6.45) is 2.63. The van der Waals surface area contributed by atoms with E-state index in [1.54, 1.807) is 12.3 Å². The normalized spacial score (nSPS) is 14.5. The quantitative estimate of drug-likeness (QED) is 0.790. The first-order chi connectivity index (χ1) is 11.1. The van der Waals surface area contributed by atoms with E-state index in [-0.39, 0.29) is 0 Å². The van der Waals surface area contributed by atoms with Crippen LogP contribution >= 0.6 is 0 Å². The zero-order valence-electron chi connectivity index (χ0n) is 13.4. The van der Waals surface area contributed by atoms with Crippen LogP contribution in [0.3, 0.4) is 0 Å². The van der Waals surface area contributed by atoms with E-state index in [1.807, 2.05) is 16.6 Å². The van der Waals surface area contributed by atoms with Crippen LogP contribution in [0.2, 0.25) is 0 Å². The molecule has 4 rings (SSSR count). The van der Waals surface area contributed by atoms with Gasteiger partial charge < -0.3 is 10.0 Å². The molecular formula is C18H20N4O. The zero-order valence-corrected chi connectivity index (χ0v) is 13.4. The summed E-state index contributed by atoms with van der Waals surface area (Å²) in [5.41, 5.74) is 4.21. The van der Waals surface area contributed by atoms with Gasteiger partial charge in [0.2, 0.25) is 0 Å². The standard InChI is InChI=1S/C18H20N4O/c1-12(2)15-10-18(22-17(20-15)6-8-19-22)21-9-7-14-13(11-21)4-3-5-16(14)23/h3-6,8,10,12,23H,7,9,11H2,1-2H3. The molecule has 2 aromatic heterocycles. The first-order valence-corrected chi connectivity index (χ1v) is 8.03. The van der Waals surface area contributed by atoms with Gasteiger partial charge in [0.05, 0.1) is 6.20 Å². The van der Waals surface area contributed by atoms with Crippen molar-refractivity contribution in [2.45, 2.75) is 32.7 Å². The molecule has 0 saturated carbocycles. The lowest BCUT2D eigenvalue weighted by molar-refractivity contribution is 0.464. The molecule has 0 fully saturated rings. The van der Waals surface area contributed by atoms with Crippen molar-refractivity contribution in [3.8, 4) is 5.75 Å². The van der Waals surface area contributed by atoms with E-state index in [2.05, 4.69) is 41.0 Å². The molecule has 5 heteroatoms. The topological polar surface area (TPSA) is 53.7 Å². The van der Waals surface area contributed by atoms with E-state index in [1.165, 1.54) is 5.56 Å². The smallest absolute Gasteiger partial charge is 0.157 e. The molecule has 5 nitrogen and oxygen atoms in total. The van der Waals surface area contributed by atoms with Crippen molar-refractivity contribution >= 4 is 11.5 Å². The number of benzene rings is 1. The molecule has 0 spiro atoms. The summed E-state index contributed by atoms with van der Waals surface area (Å²) in [6.45, 7) is 5.95. The molecule has 0 aliphatic carbocycles. The first-order valence-electron chi connectivity index (χ1n) is 8.03. The lowest BCUT2D eigenvalue weighted by Crippen LogP contribution is -2.32. The molecule has 0 radical (unpaired) electrons. The Bertz CT molecular complexity index is 869. The minimum atomic E-state index is 0.370. The van der Waals surface area contributed by atoms with Crippen LogP contribution in [0.15, 0.2) is 36.5 Å². The summed E-state index contributed by atoms with van der Waals surface area (Å²) in [7, 11) is 0. The number of nitrogens with zero attached hydrogens (tertiary/aromatic N) is 4. The monoisotopic (exact) mass is 308 g/mol. The molecule has 1 aliphatic heterocycles. The molecule has 23 heavy (non-hydrogen) atoms. The van der Waals surface area contributed by atoms with Gasteiger partial charge in [-0.3, -0.25) is 0 Å². The second kappa shape index (κ2) is 5.26. The third-order valence-electron chi connectivity index (χ3n) is 4.52. The molecule has 0 atom stereocenters. The molecule has 1 N–H and O–H groups in total. The fraction of sp³-hybridized carbons (Fsp3) is 0.333. The molecule has 0 saturated heterocycles. The Hall–Kier alpha value is -2.56. The van der Waals surface area contributed by atoms with E-state index < -0.39 is 0 Å². The zero-order chi connectivity index (χ0) is 16.0. The van der Waals surface area contributed by atoms with Crippen molar-refractivity contribution < 1.29 is 5.11 Å². The molecule has 0 bridgehead atoms. The van der Waals surface area contributed by atoms with Gasteiger partial charge in [-0.05, 0) is 24.0 Å². The van der Waals surface area contributed by atoms with Crippen LogP contribution in [0, 0.1) is 0 Å². The van der Waals surface area contributed by atoms with Crippen LogP contribution in [0.1, 0.15) is 36.6 Å². The highest BCUT2D eigenvalue weighted by Crippen LogP contribution is 2.30. The summed E-state index contributed by atoms with van der Waals surface area (Å²) in [5, 5.41) is 14.5. The minimum Gasteiger partial charge on any atom is -0.508 e. The molecule has 118 valence electrons. The maximum absolute atomic E-state index is 10.0. The number of aromatic nitrogens is 3. The highest BCUT2D eigenvalue weighted by molar-refractivity contribution is 5.54. The second-order valence-corrected chi connectivity index (χ2v) is 6.38. The first kappa shape index (κ1) is 14.1. The van der Waals surface area contributed by atoms with Gasteiger partial charge in [-0.1, -0.05) is 26.0 Å². The minimum absolute atomic E-state index is 0.370. The van der Waals surface area contributed by atoms with Gasteiger partial charge in [0.15, 0.2) is 5.65 Å². The third-order valence-corrected chi connectivity index (χ3v) is 4.52. The number of aromatic hydroxyl groups is 1. The van der Waals surface area contributed by atoms with Gasteiger partial charge in [-0.15, -0.1) is 0 Å². The van der Waals surface area contributed by atoms with Crippen LogP contribution in [-0.2, 0) is 13.0 Å². The number of anilines is 1. The summed E-state index contributed by atoms with van der Waals surface area (Å²) in [4.78, 5) is 7.00. The predicted octanol–water partition coefficient (Wildman–Crippen LogP) is 3.12. The van der Waals surface area contributed by atoms with E-state index in [4.69, 9.17) is 0 Å². The summed E-state index contributed by atoms with van der Waals surface area (Å²) < 4.78 is 1.90. The van der Waals surface area contributed by atoms with Gasteiger partial charge in [-0.2, -0.15) is 9.61 Å². The molecule has 0 unspecified atom stereocenters. The Morgan fingerprint density at radius 2 is 2.09 bits per heavy atom. The number of hydrogen-bond acceptors (Lipinski definition) is 4. The number of phenolic OH excluding ortho intramolecular Hbond substituents is 1. The van der Waals surface area contributed by atoms with Crippen LogP contribution in [0.25, 0.3) is 5.65 Å². The van der Waals surface area contributed by atoms with Crippen molar-refractivity contribution in [2.24, 2.45) is 0 Å². The fourth-order valence-electron chi connectivity index (χ4n) is 3.22. The molecule has 0 amide bonds. The van der Waals surface area contributed by atoms with Gasteiger partial charge >= 0.3 is 0 Å². The Balaban J connectivity index is 1.79. The van der Waals surface area contributed by atoms with Crippen LogP contribution in [0.4, 0.5) is 5.82 Å². The number of hydrogen-bond donors (Lipinski definition) is 1. The maximum Gasteiger partial charge on any atom is 0.157 e. The second-order valence-electron chi connectivity index (χ2n) is 6.38. The summed E-state index contributed by atoms with van der Waals surface area (Å²) in [5.74, 6) is 1.84. The van der Waals surface area contributed by atoms with Crippen molar-refractivity contribution in [2.75, 3.05) is 11.4 Å². The highest BCUT2D eigenvalue weighted by Gasteiger charge is 2.22. The van der Waals surface area contributed by atoms with Gasteiger partial charge in [0, 0.05) is 36.5 Å². The Labute approximate surface area is 135 Å². The Morgan fingerprint density at radius 3 is 2.91 bits per heavy atom. The Kier molecular flexibility index (Phi) is 3.22. The summed E-state index contributed by atoms with van der Waals surface area (Å²) >= 11 is 0. The van der Waals surface area contributed by atoms with Crippen LogP contribution in [0.5, 0.6) is 5.75 Å². The summed E-state index contributed by atoms with van der Waals surface area (Å²) in [6, 6.07) is 9.85. The van der Waals surface area contributed by atoms with E-state index >= 15 is 0 Å². The largest absolute Gasteiger partial charge is 0.508 e. The van der Waals surface area contributed by atoms with Crippen LogP contribution < -0.4 is 4.90 Å². The van der Waals surface area contributed by atoms with Gasteiger partial charge in [0.25, 0.3) is 0 Å². The number of fused-ring (bicyclic) bond motifs is 2. The fourth-order valence-corrected chi connectivity index (χ4v) is 3.22. The number of rotatable bonds is 2. The van der Waals surface area contributed by atoms with Gasteiger partial charge in [0.1, 0.15) is 11.6 Å². The predicted molar refractivity (Wildman–Crippen MR) is 89.9 cm³/mol. The van der Waals surface area contributed by atoms with E-state index in [9.17, 15) is 5.11 Å².